The third-order valence-electron chi connectivity index (χ3n) is 3.55. The zero-order valence-electron chi connectivity index (χ0n) is 14.0. The average molecular weight is 370 g/mol. The number of carbonyl (C=O) groups excluding carboxylic acids is 1. The Kier molecular flexibility index (Phi) is 5.66. The molecule has 0 atom stereocenters. The largest absolute Gasteiger partial charge is 0.496 e. The number of rotatable bonds is 6. The molecule has 0 radical (unpaired) electrons. The zero-order chi connectivity index (χ0) is 18.4. The number of nitrogens with zero attached hydrogens (tertiary/aromatic N) is 2. The first-order chi connectivity index (χ1) is 12.7. The number of halogens is 1. The van der Waals surface area contributed by atoms with Crippen molar-refractivity contribution in [3.63, 3.8) is 0 Å². The molecule has 0 saturated carbocycles. The zero-order valence-corrected chi connectivity index (χ0v) is 14.7. The highest BCUT2D eigenvalue weighted by Crippen LogP contribution is 2.24. The van der Waals surface area contributed by atoms with Gasteiger partial charge in [0, 0.05) is 17.2 Å². The maximum Gasteiger partial charge on any atom is 0.246 e. The van der Waals surface area contributed by atoms with Crippen LogP contribution in [0.15, 0.2) is 59.1 Å². The van der Waals surface area contributed by atoms with E-state index in [1.807, 2.05) is 36.4 Å². The van der Waals surface area contributed by atoms with Gasteiger partial charge in [-0.05, 0) is 24.3 Å². The summed E-state index contributed by atoms with van der Waals surface area (Å²) < 4.78 is 10.4. The van der Waals surface area contributed by atoms with E-state index in [0.717, 1.165) is 5.56 Å². The molecule has 3 rings (SSSR count). The van der Waals surface area contributed by atoms with Crippen LogP contribution in [0.4, 0.5) is 0 Å². The molecule has 0 spiro atoms. The number of benzene rings is 2. The summed E-state index contributed by atoms with van der Waals surface area (Å²) in [4.78, 5) is 16.2. The molecule has 0 bridgehead atoms. The number of carbonyl (C=O) groups is 1. The average Bonchev–Trinajstić information content (AvgIpc) is 3.14. The summed E-state index contributed by atoms with van der Waals surface area (Å²) >= 11 is 6.11. The van der Waals surface area contributed by atoms with E-state index in [9.17, 15) is 4.79 Å². The van der Waals surface area contributed by atoms with E-state index in [4.69, 9.17) is 20.9 Å². The van der Waals surface area contributed by atoms with Gasteiger partial charge in [0.05, 0.1) is 18.7 Å². The van der Waals surface area contributed by atoms with Gasteiger partial charge in [0.2, 0.25) is 17.6 Å². The van der Waals surface area contributed by atoms with E-state index < -0.39 is 0 Å². The third-order valence-corrected chi connectivity index (χ3v) is 3.88. The lowest BCUT2D eigenvalue weighted by atomic mass is 10.2. The van der Waals surface area contributed by atoms with Gasteiger partial charge in [0.15, 0.2) is 0 Å². The molecule has 0 unspecified atom stereocenters. The molecule has 1 amide bonds. The fourth-order valence-electron chi connectivity index (χ4n) is 2.27. The van der Waals surface area contributed by atoms with Gasteiger partial charge >= 0.3 is 0 Å². The van der Waals surface area contributed by atoms with Crippen molar-refractivity contribution >= 4 is 23.6 Å². The highest BCUT2D eigenvalue weighted by Gasteiger charge is 2.11. The fraction of sp³-hybridized carbons (Fsp3) is 0.105. The Labute approximate surface area is 155 Å². The van der Waals surface area contributed by atoms with Crippen LogP contribution >= 0.6 is 11.6 Å². The molecule has 3 aromatic rings. The SMILES string of the molecule is COc1ccccc1C=CC(=O)NCc1nc(-c2ccccc2Cl)no1. The van der Waals surface area contributed by atoms with Gasteiger partial charge in [0.25, 0.3) is 0 Å². The van der Waals surface area contributed by atoms with Crippen LogP contribution < -0.4 is 10.1 Å². The van der Waals surface area contributed by atoms with E-state index in [0.29, 0.717) is 28.1 Å². The summed E-state index contributed by atoms with van der Waals surface area (Å²) in [6.45, 7) is 0.118. The molecule has 1 N–H and O–H groups in total. The van der Waals surface area contributed by atoms with Crippen molar-refractivity contribution < 1.29 is 14.1 Å². The molecule has 0 aliphatic heterocycles. The third kappa shape index (κ3) is 4.29. The van der Waals surface area contributed by atoms with Crippen LogP contribution in [-0.2, 0) is 11.3 Å². The molecule has 1 aromatic heterocycles. The van der Waals surface area contributed by atoms with Crippen molar-refractivity contribution in [1.82, 2.24) is 15.5 Å². The normalized spacial score (nSPS) is 10.8. The number of aromatic nitrogens is 2. The molecule has 2 aromatic carbocycles. The highest BCUT2D eigenvalue weighted by atomic mass is 35.5. The lowest BCUT2D eigenvalue weighted by Gasteiger charge is -2.03. The van der Waals surface area contributed by atoms with Crippen molar-refractivity contribution in [3.8, 4) is 17.1 Å². The molecule has 26 heavy (non-hydrogen) atoms. The van der Waals surface area contributed by atoms with Crippen LogP contribution in [0.3, 0.4) is 0 Å². The van der Waals surface area contributed by atoms with Crippen molar-refractivity contribution in [1.29, 1.82) is 0 Å². The van der Waals surface area contributed by atoms with E-state index >= 15 is 0 Å². The van der Waals surface area contributed by atoms with E-state index in [1.54, 1.807) is 25.3 Å². The molecule has 1 heterocycles. The predicted octanol–water partition coefficient (Wildman–Crippen LogP) is 3.73. The number of nitrogens with one attached hydrogen (secondary N) is 1. The van der Waals surface area contributed by atoms with Crippen LogP contribution in [-0.4, -0.2) is 23.2 Å². The van der Waals surface area contributed by atoms with Crippen LogP contribution in [0.5, 0.6) is 5.75 Å². The number of ether oxygens (including phenoxy) is 1. The molecule has 0 saturated heterocycles. The van der Waals surface area contributed by atoms with Crippen molar-refractivity contribution in [2.24, 2.45) is 0 Å². The van der Waals surface area contributed by atoms with E-state index in [2.05, 4.69) is 15.5 Å². The lowest BCUT2D eigenvalue weighted by Crippen LogP contribution is -2.20. The van der Waals surface area contributed by atoms with E-state index in [1.165, 1.54) is 6.08 Å². The van der Waals surface area contributed by atoms with Crippen LogP contribution in [0.1, 0.15) is 11.5 Å². The highest BCUT2D eigenvalue weighted by molar-refractivity contribution is 6.33. The Bertz CT molecular complexity index is 937. The Hall–Kier alpha value is -3.12. The molecule has 0 fully saturated rings. The second-order valence-corrected chi connectivity index (χ2v) is 5.69. The van der Waals surface area contributed by atoms with Gasteiger partial charge in [-0.2, -0.15) is 4.98 Å². The monoisotopic (exact) mass is 369 g/mol. The minimum Gasteiger partial charge on any atom is -0.496 e. The maximum atomic E-state index is 12.0. The van der Waals surface area contributed by atoms with Gasteiger partial charge in [0.1, 0.15) is 5.75 Å². The first kappa shape index (κ1) is 17.7. The molecular formula is C19H16ClN3O3. The maximum absolute atomic E-state index is 12.0. The lowest BCUT2D eigenvalue weighted by molar-refractivity contribution is -0.116. The molecule has 0 aliphatic rings. The Morgan fingerprint density at radius 3 is 2.81 bits per heavy atom. The molecular weight excluding hydrogens is 354 g/mol. The Morgan fingerprint density at radius 2 is 2.00 bits per heavy atom. The smallest absolute Gasteiger partial charge is 0.246 e. The van der Waals surface area contributed by atoms with Crippen molar-refractivity contribution in [2.45, 2.75) is 6.54 Å². The minimum absolute atomic E-state index is 0.118. The Morgan fingerprint density at radius 1 is 1.23 bits per heavy atom. The number of hydrogen-bond acceptors (Lipinski definition) is 5. The quantitative estimate of drug-likeness (QED) is 0.670. The number of amides is 1. The Balaban J connectivity index is 1.60. The number of methoxy groups -OCH3 is 1. The first-order valence-corrected chi connectivity index (χ1v) is 8.21. The van der Waals surface area contributed by atoms with Crippen LogP contribution in [0.2, 0.25) is 5.02 Å². The summed E-state index contributed by atoms with van der Waals surface area (Å²) in [5.41, 5.74) is 1.48. The topological polar surface area (TPSA) is 77.2 Å². The van der Waals surface area contributed by atoms with Crippen molar-refractivity contribution in [2.75, 3.05) is 7.11 Å². The fourth-order valence-corrected chi connectivity index (χ4v) is 2.49. The van der Waals surface area contributed by atoms with Gasteiger partial charge < -0.3 is 14.6 Å². The second kappa shape index (κ2) is 8.31. The molecule has 0 aliphatic carbocycles. The molecule has 7 heteroatoms. The van der Waals surface area contributed by atoms with Crippen LogP contribution in [0, 0.1) is 0 Å². The van der Waals surface area contributed by atoms with Gasteiger partial charge in [-0.25, -0.2) is 0 Å². The molecule has 132 valence electrons. The summed E-state index contributed by atoms with van der Waals surface area (Å²) in [5.74, 6) is 1.08. The van der Waals surface area contributed by atoms with Crippen LogP contribution in [0.25, 0.3) is 17.5 Å². The van der Waals surface area contributed by atoms with Gasteiger partial charge in [-0.3, -0.25) is 4.79 Å². The summed E-state index contributed by atoms with van der Waals surface area (Å²) in [6.07, 6.45) is 3.10. The van der Waals surface area contributed by atoms with Gasteiger partial charge in [-0.15, -0.1) is 0 Å². The first-order valence-electron chi connectivity index (χ1n) is 7.84. The summed E-state index contributed by atoms with van der Waals surface area (Å²) in [6, 6.07) is 14.6. The van der Waals surface area contributed by atoms with E-state index in [-0.39, 0.29) is 12.5 Å². The molecule has 6 nitrogen and oxygen atoms in total. The second-order valence-electron chi connectivity index (χ2n) is 5.28. The predicted molar refractivity (Wildman–Crippen MR) is 98.6 cm³/mol. The standard InChI is InChI=1S/C19H16ClN3O3/c1-25-16-9-5-2-6-13(16)10-11-17(24)21-12-18-22-19(23-26-18)14-7-3-4-8-15(14)20/h2-11H,12H2,1H3,(H,21,24). The number of para-hydroxylation sites is 1. The summed E-state index contributed by atoms with van der Waals surface area (Å²) in [5, 5.41) is 7.11. The van der Waals surface area contributed by atoms with Crippen molar-refractivity contribution in [3.05, 3.63) is 71.1 Å². The number of hydrogen-bond donors (Lipinski definition) is 1. The van der Waals surface area contributed by atoms with Gasteiger partial charge in [-0.1, -0.05) is 47.1 Å². The minimum atomic E-state index is -0.284. The summed E-state index contributed by atoms with van der Waals surface area (Å²) in [7, 11) is 1.58.